The predicted molar refractivity (Wildman–Crippen MR) is 118 cm³/mol. The quantitative estimate of drug-likeness (QED) is 0.535. The van der Waals surface area contributed by atoms with E-state index in [1.807, 2.05) is 36.1 Å². The van der Waals surface area contributed by atoms with Crippen molar-refractivity contribution in [2.45, 2.75) is 57.6 Å². The molecule has 0 bridgehead atoms. The molecule has 8 heteroatoms. The SMILES string of the molecule is CC(c1ncnn1-c1ncccn1)N(CC1CC1)C(=O)c1cccc(OC2CCCC2)c1. The van der Waals surface area contributed by atoms with Crippen molar-refractivity contribution in [1.82, 2.24) is 29.6 Å². The molecule has 0 saturated heterocycles. The molecule has 0 radical (unpaired) electrons. The summed E-state index contributed by atoms with van der Waals surface area (Å²) in [6.07, 6.45) is 12.0. The van der Waals surface area contributed by atoms with Crippen LogP contribution in [0.1, 0.15) is 67.7 Å². The number of ether oxygens (including phenoxy) is 1. The Morgan fingerprint density at radius 1 is 1.12 bits per heavy atom. The van der Waals surface area contributed by atoms with Crippen molar-refractivity contribution in [3.05, 3.63) is 60.4 Å². The van der Waals surface area contributed by atoms with E-state index in [1.165, 1.54) is 19.2 Å². The molecule has 2 saturated carbocycles. The molecule has 166 valence electrons. The van der Waals surface area contributed by atoms with Crippen LogP contribution in [0.15, 0.2) is 49.1 Å². The molecule has 3 aromatic rings. The second kappa shape index (κ2) is 9.06. The monoisotopic (exact) mass is 432 g/mol. The van der Waals surface area contributed by atoms with Crippen molar-refractivity contribution in [2.24, 2.45) is 5.92 Å². The Morgan fingerprint density at radius 3 is 2.66 bits per heavy atom. The van der Waals surface area contributed by atoms with E-state index in [4.69, 9.17) is 4.74 Å². The minimum atomic E-state index is -0.284. The van der Waals surface area contributed by atoms with Crippen molar-refractivity contribution in [1.29, 1.82) is 0 Å². The molecular weight excluding hydrogens is 404 g/mol. The standard InChI is InChI=1S/C24H28N6O2/c1-17(22-27-16-28-30(22)24-25-12-5-13-26-24)29(15-18-10-11-18)23(31)19-6-4-9-21(14-19)32-20-7-2-3-8-20/h4-6,9,12-14,16-18,20H,2-3,7-8,10-11,15H2,1H3. The summed E-state index contributed by atoms with van der Waals surface area (Å²) in [5.74, 6) is 2.36. The summed E-state index contributed by atoms with van der Waals surface area (Å²) >= 11 is 0. The molecule has 2 fully saturated rings. The lowest BCUT2D eigenvalue weighted by Crippen LogP contribution is -2.36. The molecule has 8 nitrogen and oxygen atoms in total. The predicted octanol–water partition coefficient (Wildman–Crippen LogP) is 3.99. The number of benzene rings is 1. The zero-order valence-corrected chi connectivity index (χ0v) is 18.3. The molecule has 1 aromatic carbocycles. The zero-order chi connectivity index (χ0) is 21.9. The second-order valence-corrected chi connectivity index (χ2v) is 8.71. The smallest absolute Gasteiger partial charge is 0.254 e. The van der Waals surface area contributed by atoms with Crippen molar-refractivity contribution >= 4 is 5.91 Å². The largest absolute Gasteiger partial charge is 0.490 e. The third-order valence-electron chi connectivity index (χ3n) is 6.26. The maximum absolute atomic E-state index is 13.7. The van der Waals surface area contributed by atoms with E-state index in [2.05, 4.69) is 20.1 Å². The van der Waals surface area contributed by atoms with Gasteiger partial charge in [-0.25, -0.2) is 15.0 Å². The third kappa shape index (κ3) is 4.49. The molecular formula is C24H28N6O2. The highest BCUT2D eigenvalue weighted by molar-refractivity contribution is 5.94. The van der Waals surface area contributed by atoms with E-state index in [0.29, 0.717) is 29.8 Å². The van der Waals surface area contributed by atoms with E-state index in [1.54, 1.807) is 23.1 Å². The van der Waals surface area contributed by atoms with Crippen molar-refractivity contribution < 1.29 is 9.53 Å². The summed E-state index contributed by atoms with van der Waals surface area (Å²) < 4.78 is 7.74. The van der Waals surface area contributed by atoms with Crippen LogP contribution in [-0.2, 0) is 0 Å². The normalized spacial score (nSPS) is 17.3. The molecule has 0 spiro atoms. The van der Waals surface area contributed by atoms with E-state index in [0.717, 1.165) is 31.4 Å². The van der Waals surface area contributed by atoms with Crippen LogP contribution >= 0.6 is 0 Å². The third-order valence-corrected chi connectivity index (χ3v) is 6.26. The summed E-state index contributed by atoms with van der Waals surface area (Å²) in [6, 6.07) is 9.05. The molecule has 1 atom stereocenters. The highest BCUT2D eigenvalue weighted by Gasteiger charge is 2.33. The van der Waals surface area contributed by atoms with Gasteiger partial charge in [0, 0.05) is 24.5 Å². The average molecular weight is 433 g/mol. The number of hydrogen-bond donors (Lipinski definition) is 0. The lowest BCUT2D eigenvalue weighted by atomic mass is 10.1. The molecule has 32 heavy (non-hydrogen) atoms. The highest BCUT2D eigenvalue weighted by Crippen LogP contribution is 2.34. The van der Waals surface area contributed by atoms with Crippen molar-refractivity contribution in [3.63, 3.8) is 0 Å². The van der Waals surface area contributed by atoms with Gasteiger partial charge in [-0.05, 0) is 75.6 Å². The van der Waals surface area contributed by atoms with Gasteiger partial charge in [0.15, 0.2) is 5.82 Å². The fourth-order valence-corrected chi connectivity index (χ4v) is 4.29. The molecule has 2 aromatic heterocycles. The van der Waals surface area contributed by atoms with Crippen molar-refractivity contribution in [3.8, 4) is 11.7 Å². The van der Waals surface area contributed by atoms with Gasteiger partial charge in [-0.3, -0.25) is 4.79 Å². The van der Waals surface area contributed by atoms with Gasteiger partial charge in [-0.1, -0.05) is 6.07 Å². The molecule has 2 aliphatic rings. The Bertz CT molecular complexity index is 1060. The summed E-state index contributed by atoms with van der Waals surface area (Å²) in [6.45, 7) is 2.68. The van der Waals surface area contributed by atoms with Crippen LogP contribution in [0, 0.1) is 5.92 Å². The minimum Gasteiger partial charge on any atom is -0.490 e. The van der Waals surface area contributed by atoms with Gasteiger partial charge in [0.25, 0.3) is 11.9 Å². The Morgan fingerprint density at radius 2 is 1.91 bits per heavy atom. The fraction of sp³-hybridized carbons (Fsp3) is 0.458. The first kappa shape index (κ1) is 20.6. The molecule has 1 amide bonds. The number of carbonyl (C=O) groups is 1. The maximum Gasteiger partial charge on any atom is 0.254 e. The first-order valence-electron chi connectivity index (χ1n) is 11.4. The minimum absolute atomic E-state index is 0.0233. The van der Waals surface area contributed by atoms with Gasteiger partial charge in [-0.2, -0.15) is 9.78 Å². The Balaban J connectivity index is 1.40. The van der Waals surface area contributed by atoms with Gasteiger partial charge < -0.3 is 9.64 Å². The van der Waals surface area contributed by atoms with Crippen LogP contribution in [-0.4, -0.2) is 48.2 Å². The summed E-state index contributed by atoms with van der Waals surface area (Å²) in [5.41, 5.74) is 0.634. The number of aromatic nitrogens is 5. The average Bonchev–Trinajstić information content (AvgIpc) is 3.27. The van der Waals surface area contributed by atoms with Crippen LogP contribution in [0.3, 0.4) is 0 Å². The first-order valence-corrected chi connectivity index (χ1v) is 11.4. The summed E-state index contributed by atoms with van der Waals surface area (Å²) in [4.78, 5) is 28.6. The van der Waals surface area contributed by atoms with Crippen LogP contribution in [0.5, 0.6) is 5.75 Å². The number of carbonyl (C=O) groups excluding carboxylic acids is 1. The van der Waals surface area contributed by atoms with Crippen LogP contribution in [0.4, 0.5) is 0 Å². The van der Waals surface area contributed by atoms with Crippen LogP contribution < -0.4 is 4.74 Å². The zero-order valence-electron chi connectivity index (χ0n) is 18.3. The second-order valence-electron chi connectivity index (χ2n) is 8.71. The maximum atomic E-state index is 13.7. The lowest BCUT2D eigenvalue weighted by Gasteiger charge is -2.29. The Hall–Kier alpha value is -3.29. The Kier molecular flexibility index (Phi) is 5.83. The van der Waals surface area contributed by atoms with Gasteiger partial charge in [-0.15, -0.1) is 0 Å². The molecule has 0 N–H and O–H groups in total. The van der Waals surface area contributed by atoms with Gasteiger partial charge >= 0.3 is 0 Å². The molecule has 2 aliphatic carbocycles. The molecule has 5 rings (SSSR count). The number of amides is 1. The molecule has 0 aliphatic heterocycles. The lowest BCUT2D eigenvalue weighted by molar-refractivity contribution is 0.0669. The van der Waals surface area contributed by atoms with E-state index < -0.39 is 0 Å². The van der Waals surface area contributed by atoms with E-state index in [9.17, 15) is 4.79 Å². The van der Waals surface area contributed by atoms with Gasteiger partial charge in [0.1, 0.15) is 12.1 Å². The van der Waals surface area contributed by atoms with E-state index in [-0.39, 0.29) is 18.1 Å². The van der Waals surface area contributed by atoms with Gasteiger partial charge in [0.05, 0.1) is 12.1 Å². The number of nitrogens with zero attached hydrogens (tertiary/aromatic N) is 6. The van der Waals surface area contributed by atoms with Crippen LogP contribution in [0.25, 0.3) is 5.95 Å². The first-order chi connectivity index (χ1) is 15.7. The Labute approximate surface area is 187 Å². The van der Waals surface area contributed by atoms with Crippen molar-refractivity contribution in [2.75, 3.05) is 6.54 Å². The topological polar surface area (TPSA) is 86.0 Å². The molecule has 1 unspecified atom stereocenters. The number of rotatable bonds is 8. The van der Waals surface area contributed by atoms with Crippen LogP contribution in [0.2, 0.25) is 0 Å². The molecule has 2 heterocycles. The number of hydrogen-bond acceptors (Lipinski definition) is 6. The highest BCUT2D eigenvalue weighted by atomic mass is 16.5. The summed E-state index contributed by atoms with van der Waals surface area (Å²) in [5, 5.41) is 4.31. The van der Waals surface area contributed by atoms with E-state index >= 15 is 0 Å². The fourth-order valence-electron chi connectivity index (χ4n) is 4.29. The van der Waals surface area contributed by atoms with Gasteiger partial charge in [0.2, 0.25) is 0 Å². The summed E-state index contributed by atoms with van der Waals surface area (Å²) in [7, 11) is 0.